The number of aryl methyl sites for hydroxylation is 1. The molecule has 0 heterocycles. The van der Waals surface area contributed by atoms with Crippen LogP contribution in [0.15, 0.2) is 72.8 Å². The van der Waals surface area contributed by atoms with Crippen molar-refractivity contribution >= 4 is 0 Å². The van der Waals surface area contributed by atoms with E-state index in [0.717, 1.165) is 0 Å². The van der Waals surface area contributed by atoms with E-state index in [4.69, 9.17) is 0 Å². The van der Waals surface area contributed by atoms with Gasteiger partial charge in [0.05, 0.1) is 0 Å². The van der Waals surface area contributed by atoms with Crippen LogP contribution in [0.3, 0.4) is 0 Å². The van der Waals surface area contributed by atoms with Crippen LogP contribution in [-0.4, -0.2) is 0 Å². The quantitative estimate of drug-likeness (QED) is 0.519. The van der Waals surface area contributed by atoms with Gasteiger partial charge in [-0.1, -0.05) is 86.6 Å². The van der Waals surface area contributed by atoms with Crippen LogP contribution in [0.4, 0.5) is 0 Å². The molecule has 0 nitrogen and oxygen atoms in total. The molecule has 3 aromatic carbocycles. The van der Waals surface area contributed by atoms with Crippen LogP contribution in [0, 0.1) is 6.92 Å². The second-order valence-corrected chi connectivity index (χ2v) is 6.13. The van der Waals surface area contributed by atoms with Crippen LogP contribution >= 0.6 is 0 Å². The maximum absolute atomic E-state index is 2.25. The van der Waals surface area contributed by atoms with Crippen LogP contribution in [-0.2, 0) is 0 Å². The van der Waals surface area contributed by atoms with Crippen molar-refractivity contribution in [1.29, 1.82) is 0 Å². The molecule has 0 aliphatic rings. The zero-order valence-electron chi connectivity index (χ0n) is 13.5. The molecule has 0 atom stereocenters. The van der Waals surface area contributed by atoms with E-state index in [9.17, 15) is 0 Å². The van der Waals surface area contributed by atoms with E-state index >= 15 is 0 Å². The van der Waals surface area contributed by atoms with E-state index < -0.39 is 0 Å². The number of benzene rings is 3. The third-order valence-electron chi connectivity index (χ3n) is 4.23. The highest BCUT2D eigenvalue weighted by Crippen LogP contribution is 2.31. The van der Waals surface area contributed by atoms with Crippen molar-refractivity contribution in [3.8, 4) is 22.3 Å². The Bertz CT molecular complexity index is 764. The molecule has 0 saturated carbocycles. The van der Waals surface area contributed by atoms with Crippen LogP contribution in [0.25, 0.3) is 22.3 Å². The summed E-state index contributed by atoms with van der Waals surface area (Å²) in [6.45, 7) is 6.67. The zero-order valence-corrected chi connectivity index (χ0v) is 13.5. The molecule has 0 aromatic heterocycles. The lowest BCUT2D eigenvalue weighted by atomic mass is 9.91. The van der Waals surface area contributed by atoms with E-state index in [-0.39, 0.29) is 0 Å². The molecule has 3 aromatic rings. The van der Waals surface area contributed by atoms with Crippen LogP contribution in [0.1, 0.15) is 30.9 Å². The highest BCUT2D eigenvalue weighted by atomic mass is 14.1. The molecule has 0 heteroatoms. The standard InChI is InChI=1S/C22H22/c1-16(2)20-9-6-7-11-22(20)19-14-12-18(13-15-19)21-10-5-4-8-17(21)3/h4-16H,1-3H3. The van der Waals surface area contributed by atoms with Crippen molar-refractivity contribution in [2.24, 2.45) is 0 Å². The lowest BCUT2D eigenvalue weighted by Crippen LogP contribution is -1.92. The van der Waals surface area contributed by atoms with E-state index in [1.54, 1.807) is 0 Å². The van der Waals surface area contributed by atoms with Gasteiger partial charge in [0.25, 0.3) is 0 Å². The molecule has 0 bridgehead atoms. The van der Waals surface area contributed by atoms with Gasteiger partial charge in [-0.25, -0.2) is 0 Å². The van der Waals surface area contributed by atoms with Gasteiger partial charge in [0, 0.05) is 0 Å². The summed E-state index contributed by atoms with van der Waals surface area (Å²) in [5.74, 6) is 0.534. The first-order chi connectivity index (χ1) is 10.7. The van der Waals surface area contributed by atoms with Gasteiger partial charge in [-0.2, -0.15) is 0 Å². The Morgan fingerprint density at radius 3 is 1.68 bits per heavy atom. The van der Waals surface area contributed by atoms with Crippen molar-refractivity contribution in [3.05, 3.63) is 83.9 Å². The maximum atomic E-state index is 2.25. The molecule has 0 N–H and O–H groups in total. The Balaban J connectivity index is 2.01. The minimum atomic E-state index is 0.534. The van der Waals surface area contributed by atoms with Gasteiger partial charge in [0.1, 0.15) is 0 Å². The zero-order chi connectivity index (χ0) is 15.5. The molecule has 0 spiro atoms. The summed E-state index contributed by atoms with van der Waals surface area (Å²) in [7, 11) is 0. The van der Waals surface area contributed by atoms with Gasteiger partial charge in [0.15, 0.2) is 0 Å². The fourth-order valence-electron chi connectivity index (χ4n) is 2.99. The normalized spacial score (nSPS) is 10.9. The average Bonchev–Trinajstić information content (AvgIpc) is 2.55. The number of hydrogen-bond donors (Lipinski definition) is 0. The predicted molar refractivity (Wildman–Crippen MR) is 96.1 cm³/mol. The summed E-state index contributed by atoms with van der Waals surface area (Å²) < 4.78 is 0. The van der Waals surface area contributed by atoms with E-state index in [0.29, 0.717) is 5.92 Å². The molecular formula is C22H22. The molecule has 0 saturated heterocycles. The second kappa shape index (κ2) is 6.19. The summed E-state index contributed by atoms with van der Waals surface area (Å²) in [4.78, 5) is 0. The van der Waals surface area contributed by atoms with Crippen LogP contribution < -0.4 is 0 Å². The maximum Gasteiger partial charge on any atom is -0.0149 e. The first kappa shape index (κ1) is 14.6. The minimum absolute atomic E-state index is 0.534. The molecular weight excluding hydrogens is 264 g/mol. The summed E-state index contributed by atoms with van der Waals surface area (Å²) in [6, 6.07) is 26.2. The average molecular weight is 286 g/mol. The van der Waals surface area contributed by atoms with Crippen LogP contribution in [0.5, 0.6) is 0 Å². The van der Waals surface area contributed by atoms with Gasteiger partial charge < -0.3 is 0 Å². The van der Waals surface area contributed by atoms with Crippen molar-refractivity contribution in [2.75, 3.05) is 0 Å². The molecule has 3 rings (SSSR count). The molecule has 0 unspecified atom stereocenters. The van der Waals surface area contributed by atoms with Gasteiger partial charge in [0.2, 0.25) is 0 Å². The van der Waals surface area contributed by atoms with Crippen molar-refractivity contribution < 1.29 is 0 Å². The van der Waals surface area contributed by atoms with E-state index in [2.05, 4.69) is 93.6 Å². The lowest BCUT2D eigenvalue weighted by Gasteiger charge is -2.13. The Morgan fingerprint density at radius 1 is 0.591 bits per heavy atom. The minimum Gasteiger partial charge on any atom is -0.0620 e. The Labute approximate surface area is 133 Å². The van der Waals surface area contributed by atoms with E-state index in [1.165, 1.54) is 33.4 Å². The lowest BCUT2D eigenvalue weighted by molar-refractivity contribution is 0.869. The highest BCUT2D eigenvalue weighted by molar-refractivity contribution is 5.73. The predicted octanol–water partition coefficient (Wildman–Crippen LogP) is 6.45. The molecule has 110 valence electrons. The Hall–Kier alpha value is -2.34. The van der Waals surface area contributed by atoms with Crippen LogP contribution in [0.2, 0.25) is 0 Å². The molecule has 0 fully saturated rings. The smallest absolute Gasteiger partial charge is 0.0149 e. The number of hydrogen-bond acceptors (Lipinski definition) is 0. The summed E-state index contributed by atoms with van der Waals surface area (Å²) >= 11 is 0. The monoisotopic (exact) mass is 286 g/mol. The highest BCUT2D eigenvalue weighted by Gasteiger charge is 2.08. The van der Waals surface area contributed by atoms with E-state index in [1.807, 2.05) is 0 Å². The molecule has 0 amide bonds. The largest absolute Gasteiger partial charge is 0.0620 e. The first-order valence-corrected chi connectivity index (χ1v) is 7.92. The van der Waals surface area contributed by atoms with Crippen molar-refractivity contribution in [2.45, 2.75) is 26.7 Å². The van der Waals surface area contributed by atoms with Gasteiger partial charge >= 0.3 is 0 Å². The van der Waals surface area contributed by atoms with Gasteiger partial charge in [-0.15, -0.1) is 0 Å². The Kier molecular flexibility index (Phi) is 4.11. The third kappa shape index (κ3) is 2.82. The first-order valence-electron chi connectivity index (χ1n) is 7.92. The SMILES string of the molecule is Cc1ccccc1-c1ccc(-c2ccccc2C(C)C)cc1. The second-order valence-electron chi connectivity index (χ2n) is 6.13. The summed E-state index contributed by atoms with van der Waals surface area (Å²) in [6.07, 6.45) is 0. The molecule has 0 aliphatic heterocycles. The number of rotatable bonds is 3. The third-order valence-corrected chi connectivity index (χ3v) is 4.23. The summed E-state index contributed by atoms with van der Waals surface area (Å²) in [5.41, 5.74) is 7.95. The topological polar surface area (TPSA) is 0 Å². The Morgan fingerprint density at radius 2 is 1.09 bits per heavy atom. The fourth-order valence-corrected chi connectivity index (χ4v) is 2.99. The van der Waals surface area contributed by atoms with Gasteiger partial charge in [-0.3, -0.25) is 0 Å². The fraction of sp³-hybridized carbons (Fsp3) is 0.182. The molecule has 0 radical (unpaired) electrons. The summed E-state index contributed by atoms with van der Waals surface area (Å²) in [5, 5.41) is 0. The van der Waals surface area contributed by atoms with Crippen molar-refractivity contribution in [1.82, 2.24) is 0 Å². The molecule has 22 heavy (non-hydrogen) atoms. The molecule has 0 aliphatic carbocycles. The van der Waals surface area contributed by atoms with Gasteiger partial charge in [-0.05, 0) is 46.2 Å². The van der Waals surface area contributed by atoms with Crippen molar-refractivity contribution in [3.63, 3.8) is 0 Å².